The number of imidazole rings is 1. The first kappa shape index (κ1) is 13.5. The third-order valence-electron chi connectivity index (χ3n) is 3.18. The van der Waals surface area contributed by atoms with Crippen molar-refractivity contribution in [2.75, 3.05) is 13.7 Å². The van der Waals surface area contributed by atoms with Crippen molar-refractivity contribution in [3.63, 3.8) is 0 Å². The van der Waals surface area contributed by atoms with Gasteiger partial charge in [-0.15, -0.1) is 0 Å². The summed E-state index contributed by atoms with van der Waals surface area (Å²) in [7, 11) is 1.59. The first-order valence-corrected chi connectivity index (χ1v) is 6.33. The van der Waals surface area contributed by atoms with E-state index in [0.29, 0.717) is 18.7 Å². The number of ether oxygens (including phenoxy) is 1. The van der Waals surface area contributed by atoms with Crippen LogP contribution in [0.15, 0.2) is 42.9 Å². The number of methoxy groups -OCH3 is 1. The zero-order valence-corrected chi connectivity index (χ0v) is 11.2. The second-order valence-electron chi connectivity index (χ2n) is 4.44. The van der Waals surface area contributed by atoms with Gasteiger partial charge in [-0.3, -0.25) is 4.79 Å². The number of hydrogen-bond donors (Lipinski definition) is 0. The number of rotatable bonds is 6. The van der Waals surface area contributed by atoms with Gasteiger partial charge >= 0.3 is 0 Å². The van der Waals surface area contributed by atoms with Crippen LogP contribution in [-0.2, 0) is 4.74 Å². The van der Waals surface area contributed by atoms with Gasteiger partial charge in [0.2, 0.25) is 0 Å². The van der Waals surface area contributed by atoms with Crippen LogP contribution in [0.5, 0.6) is 0 Å². The number of aromatic nitrogens is 2. The van der Waals surface area contributed by atoms with E-state index in [4.69, 9.17) is 4.74 Å². The number of nitrogens with zero attached hydrogens (tertiary/aromatic N) is 2. The SMILES string of the molecule is COCCC(=O)c1cncn1[C@H](C)c1ccccc1. The predicted octanol–water partition coefficient (Wildman–Crippen LogP) is 2.71. The topological polar surface area (TPSA) is 44.1 Å². The largest absolute Gasteiger partial charge is 0.384 e. The smallest absolute Gasteiger partial charge is 0.183 e. The van der Waals surface area contributed by atoms with E-state index in [1.54, 1.807) is 19.6 Å². The monoisotopic (exact) mass is 258 g/mol. The minimum absolute atomic E-state index is 0.0575. The van der Waals surface area contributed by atoms with Gasteiger partial charge in [0, 0.05) is 13.5 Å². The Morgan fingerprint density at radius 3 is 2.79 bits per heavy atom. The van der Waals surface area contributed by atoms with Gasteiger partial charge in [-0.1, -0.05) is 30.3 Å². The third kappa shape index (κ3) is 3.09. The molecule has 0 N–H and O–H groups in total. The Morgan fingerprint density at radius 2 is 2.11 bits per heavy atom. The van der Waals surface area contributed by atoms with E-state index in [2.05, 4.69) is 11.9 Å². The molecule has 0 aliphatic rings. The Balaban J connectivity index is 2.22. The van der Waals surface area contributed by atoms with Gasteiger partial charge < -0.3 is 9.30 Å². The summed E-state index contributed by atoms with van der Waals surface area (Å²) in [4.78, 5) is 16.2. The molecule has 0 bridgehead atoms. The van der Waals surface area contributed by atoms with E-state index in [9.17, 15) is 4.79 Å². The number of benzene rings is 1. The standard InChI is InChI=1S/C15H18N2O2/c1-12(13-6-4-3-5-7-13)17-11-16-10-14(17)15(18)8-9-19-2/h3-7,10-12H,8-9H2,1-2H3/t12-/m1/s1. The number of carbonyl (C=O) groups excluding carboxylic acids is 1. The lowest BCUT2D eigenvalue weighted by Gasteiger charge is -2.16. The third-order valence-corrected chi connectivity index (χ3v) is 3.18. The Bertz CT molecular complexity index is 534. The molecule has 1 aromatic heterocycles. The highest BCUT2D eigenvalue weighted by molar-refractivity contribution is 5.94. The summed E-state index contributed by atoms with van der Waals surface area (Å²) in [6.45, 7) is 2.49. The van der Waals surface area contributed by atoms with Gasteiger partial charge in [-0.05, 0) is 12.5 Å². The molecule has 0 fully saturated rings. The molecule has 0 saturated heterocycles. The Kier molecular flexibility index (Phi) is 4.47. The molecule has 0 spiro atoms. The lowest BCUT2D eigenvalue weighted by molar-refractivity contribution is 0.0922. The van der Waals surface area contributed by atoms with Gasteiger partial charge in [0.25, 0.3) is 0 Å². The normalized spacial score (nSPS) is 12.3. The van der Waals surface area contributed by atoms with Crippen LogP contribution in [0, 0.1) is 0 Å². The lowest BCUT2D eigenvalue weighted by atomic mass is 10.1. The van der Waals surface area contributed by atoms with Crippen molar-refractivity contribution in [1.82, 2.24) is 9.55 Å². The van der Waals surface area contributed by atoms with Crippen LogP contribution in [0.2, 0.25) is 0 Å². The van der Waals surface area contributed by atoms with Crippen LogP contribution in [0.1, 0.15) is 35.4 Å². The Morgan fingerprint density at radius 1 is 1.37 bits per heavy atom. The highest BCUT2D eigenvalue weighted by atomic mass is 16.5. The second kappa shape index (κ2) is 6.29. The van der Waals surface area contributed by atoms with Gasteiger partial charge in [0.15, 0.2) is 5.78 Å². The van der Waals surface area contributed by atoms with Gasteiger partial charge in [-0.25, -0.2) is 4.98 Å². The average molecular weight is 258 g/mol. The number of ketones is 1. The molecule has 0 aliphatic heterocycles. The molecule has 19 heavy (non-hydrogen) atoms. The molecule has 0 aliphatic carbocycles. The molecule has 0 amide bonds. The van der Waals surface area contributed by atoms with Crippen molar-refractivity contribution >= 4 is 5.78 Å². The molecular weight excluding hydrogens is 240 g/mol. The molecule has 1 heterocycles. The fraction of sp³-hybridized carbons (Fsp3) is 0.333. The summed E-state index contributed by atoms with van der Waals surface area (Å²) >= 11 is 0. The zero-order chi connectivity index (χ0) is 13.7. The molecule has 1 aromatic carbocycles. The summed E-state index contributed by atoms with van der Waals surface area (Å²) in [6.07, 6.45) is 3.71. The Hall–Kier alpha value is -1.94. The first-order chi connectivity index (χ1) is 9.24. The summed E-state index contributed by atoms with van der Waals surface area (Å²) < 4.78 is 6.86. The predicted molar refractivity (Wildman–Crippen MR) is 73.3 cm³/mol. The average Bonchev–Trinajstić information content (AvgIpc) is 2.94. The van der Waals surface area contributed by atoms with E-state index < -0.39 is 0 Å². The minimum atomic E-state index is 0.0575. The van der Waals surface area contributed by atoms with Gasteiger partial charge in [0.1, 0.15) is 5.69 Å². The van der Waals surface area contributed by atoms with Crippen molar-refractivity contribution < 1.29 is 9.53 Å². The van der Waals surface area contributed by atoms with Crippen LogP contribution >= 0.6 is 0 Å². The minimum Gasteiger partial charge on any atom is -0.384 e. The first-order valence-electron chi connectivity index (χ1n) is 6.33. The molecule has 0 saturated carbocycles. The lowest BCUT2D eigenvalue weighted by Crippen LogP contribution is -2.14. The number of Topliss-reactive ketones (excluding diaryl/α,β-unsaturated/α-hetero) is 1. The summed E-state index contributed by atoms with van der Waals surface area (Å²) in [5, 5.41) is 0. The molecule has 1 atom stereocenters. The second-order valence-corrected chi connectivity index (χ2v) is 4.44. The Labute approximate surface area is 113 Å². The maximum atomic E-state index is 12.1. The van der Waals surface area contributed by atoms with Crippen molar-refractivity contribution in [2.24, 2.45) is 0 Å². The summed E-state index contributed by atoms with van der Waals surface area (Å²) in [5.74, 6) is 0.0575. The van der Waals surface area contributed by atoms with Gasteiger partial charge in [-0.2, -0.15) is 0 Å². The van der Waals surface area contributed by atoms with Crippen LogP contribution in [-0.4, -0.2) is 29.1 Å². The molecule has 0 radical (unpaired) electrons. The van der Waals surface area contributed by atoms with E-state index in [1.807, 2.05) is 34.9 Å². The van der Waals surface area contributed by atoms with Crippen molar-refractivity contribution in [3.05, 3.63) is 54.1 Å². The van der Waals surface area contributed by atoms with Crippen molar-refractivity contribution in [1.29, 1.82) is 0 Å². The number of carbonyl (C=O) groups is 1. The molecule has 2 aromatic rings. The maximum Gasteiger partial charge on any atom is 0.183 e. The van der Waals surface area contributed by atoms with E-state index in [1.165, 1.54) is 0 Å². The van der Waals surface area contributed by atoms with E-state index in [0.717, 1.165) is 5.56 Å². The van der Waals surface area contributed by atoms with Crippen LogP contribution in [0.4, 0.5) is 0 Å². The highest BCUT2D eigenvalue weighted by Gasteiger charge is 2.16. The molecule has 4 nitrogen and oxygen atoms in total. The van der Waals surface area contributed by atoms with Gasteiger partial charge in [0.05, 0.1) is 25.2 Å². The van der Waals surface area contributed by atoms with Crippen LogP contribution in [0.3, 0.4) is 0 Å². The van der Waals surface area contributed by atoms with Crippen LogP contribution in [0.25, 0.3) is 0 Å². The zero-order valence-electron chi connectivity index (χ0n) is 11.2. The fourth-order valence-electron chi connectivity index (χ4n) is 2.04. The molecule has 4 heteroatoms. The maximum absolute atomic E-state index is 12.1. The van der Waals surface area contributed by atoms with Crippen molar-refractivity contribution in [2.45, 2.75) is 19.4 Å². The van der Waals surface area contributed by atoms with E-state index >= 15 is 0 Å². The molecular formula is C15H18N2O2. The fourth-order valence-corrected chi connectivity index (χ4v) is 2.04. The molecule has 2 rings (SSSR count). The van der Waals surface area contributed by atoms with Crippen molar-refractivity contribution in [3.8, 4) is 0 Å². The number of hydrogen-bond acceptors (Lipinski definition) is 3. The summed E-state index contributed by atoms with van der Waals surface area (Å²) in [6, 6.07) is 10.2. The quantitative estimate of drug-likeness (QED) is 0.748. The van der Waals surface area contributed by atoms with Crippen LogP contribution < -0.4 is 0 Å². The molecule has 100 valence electrons. The molecule has 0 unspecified atom stereocenters. The summed E-state index contributed by atoms with van der Waals surface area (Å²) in [5.41, 5.74) is 1.79. The highest BCUT2D eigenvalue weighted by Crippen LogP contribution is 2.19. The van der Waals surface area contributed by atoms with E-state index in [-0.39, 0.29) is 11.8 Å².